The van der Waals surface area contributed by atoms with Crippen molar-refractivity contribution in [2.75, 3.05) is 24.2 Å². The van der Waals surface area contributed by atoms with Crippen molar-refractivity contribution in [2.24, 2.45) is 0 Å². The first kappa shape index (κ1) is 21.1. The number of halogens is 6. The van der Waals surface area contributed by atoms with Crippen LogP contribution in [0.1, 0.15) is 17.7 Å². The highest BCUT2D eigenvalue weighted by Gasteiger charge is 2.27. The van der Waals surface area contributed by atoms with Crippen molar-refractivity contribution in [1.82, 2.24) is 9.97 Å². The fourth-order valence-corrected chi connectivity index (χ4v) is 2.78. The number of thioether (sulfide) groups is 1. The Bertz CT molecular complexity index is 772. The minimum Gasteiger partial charge on any atom is -0.489 e. The minimum atomic E-state index is -4.34. The highest BCUT2D eigenvalue weighted by atomic mass is 32.2. The molecule has 0 amide bonds. The summed E-state index contributed by atoms with van der Waals surface area (Å²) < 4.78 is 81.3. The Morgan fingerprint density at radius 3 is 2.59 bits per heavy atom. The van der Waals surface area contributed by atoms with E-state index in [-0.39, 0.29) is 29.6 Å². The molecule has 0 saturated heterocycles. The van der Waals surface area contributed by atoms with Gasteiger partial charge in [-0.25, -0.2) is 23.1 Å². The third kappa shape index (κ3) is 6.81. The van der Waals surface area contributed by atoms with Crippen LogP contribution in [0.25, 0.3) is 0 Å². The van der Waals surface area contributed by atoms with E-state index in [0.29, 0.717) is 17.3 Å². The molecule has 1 aromatic heterocycles. The Hall–Kier alpha value is -2.17. The molecule has 1 N–H and O–H groups in total. The predicted molar refractivity (Wildman–Crippen MR) is 88.9 cm³/mol. The molecule has 0 radical (unpaired) electrons. The maximum Gasteiger partial charge on any atom is 0.398 e. The Balaban J connectivity index is 1.92. The average Bonchev–Trinajstić information content (AvgIpc) is 2.58. The monoisotopic (exact) mass is 411 g/mol. The van der Waals surface area contributed by atoms with Crippen LogP contribution in [0.3, 0.4) is 0 Å². The molecule has 0 fully saturated rings. The summed E-state index contributed by atoms with van der Waals surface area (Å²) in [5.41, 5.74) is -0.0722. The lowest BCUT2D eigenvalue weighted by molar-refractivity contribution is -0.105. The number of rotatable bonds is 8. The van der Waals surface area contributed by atoms with E-state index in [1.807, 2.05) is 0 Å². The van der Waals surface area contributed by atoms with Gasteiger partial charge in [-0.1, -0.05) is 0 Å². The zero-order valence-electron chi connectivity index (χ0n) is 14.0. The molecule has 27 heavy (non-hydrogen) atoms. The van der Waals surface area contributed by atoms with Crippen molar-refractivity contribution < 1.29 is 31.1 Å². The van der Waals surface area contributed by atoms with Crippen LogP contribution >= 0.6 is 11.8 Å². The van der Waals surface area contributed by atoms with Crippen LogP contribution < -0.4 is 10.1 Å². The number of alkyl halides is 5. The second-order valence-corrected chi connectivity index (χ2v) is 6.37. The van der Waals surface area contributed by atoms with Gasteiger partial charge in [0.25, 0.3) is 6.43 Å². The summed E-state index contributed by atoms with van der Waals surface area (Å²) in [5, 5.41) is 2.71. The number of aryl methyl sites for hydroxylation is 1. The SMILES string of the molecule is Cc1cc(F)c(OCCNc2cc(C(F)F)ncn2)cc1SCC(F)(F)F. The summed E-state index contributed by atoms with van der Waals surface area (Å²) in [5.74, 6) is -1.84. The van der Waals surface area contributed by atoms with Gasteiger partial charge in [0.05, 0.1) is 12.3 Å². The summed E-state index contributed by atoms with van der Waals surface area (Å²) in [4.78, 5) is 7.43. The summed E-state index contributed by atoms with van der Waals surface area (Å²) >= 11 is 0.542. The van der Waals surface area contributed by atoms with Crippen LogP contribution in [0.2, 0.25) is 0 Å². The predicted octanol–water partition coefficient (Wildman–Crippen LogP) is 5.01. The van der Waals surface area contributed by atoms with Crippen LogP contribution in [0.4, 0.5) is 32.2 Å². The average molecular weight is 411 g/mol. The van der Waals surface area contributed by atoms with Gasteiger partial charge < -0.3 is 10.1 Å². The molecule has 11 heteroatoms. The second-order valence-electron chi connectivity index (χ2n) is 5.36. The summed E-state index contributed by atoms with van der Waals surface area (Å²) in [6.45, 7) is 1.55. The number of anilines is 1. The van der Waals surface area contributed by atoms with Gasteiger partial charge in [0.15, 0.2) is 11.6 Å². The van der Waals surface area contributed by atoms with E-state index in [1.54, 1.807) is 0 Å². The topological polar surface area (TPSA) is 47.0 Å². The van der Waals surface area contributed by atoms with Crippen molar-refractivity contribution in [3.8, 4) is 5.75 Å². The molecule has 4 nitrogen and oxygen atoms in total. The van der Waals surface area contributed by atoms with Crippen LogP contribution in [-0.4, -0.2) is 35.0 Å². The molecule has 0 bridgehead atoms. The highest BCUT2D eigenvalue weighted by Crippen LogP contribution is 2.33. The van der Waals surface area contributed by atoms with Gasteiger partial charge in [-0.3, -0.25) is 0 Å². The maximum absolute atomic E-state index is 13.9. The van der Waals surface area contributed by atoms with Gasteiger partial charge in [-0.2, -0.15) is 13.2 Å². The van der Waals surface area contributed by atoms with Gasteiger partial charge in [-0.15, -0.1) is 11.8 Å². The van der Waals surface area contributed by atoms with E-state index in [0.717, 1.165) is 18.5 Å². The number of benzene rings is 1. The number of hydrogen-bond acceptors (Lipinski definition) is 5. The Kier molecular flexibility index (Phi) is 7.17. The molecule has 0 aliphatic heterocycles. The summed E-state index contributed by atoms with van der Waals surface area (Å²) in [6.07, 6.45) is -6.10. The van der Waals surface area contributed by atoms with Crippen molar-refractivity contribution in [2.45, 2.75) is 24.4 Å². The normalized spacial score (nSPS) is 11.7. The maximum atomic E-state index is 13.9. The molecule has 148 valence electrons. The van der Waals surface area contributed by atoms with E-state index in [2.05, 4.69) is 15.3 Å². The largest absolute Gasteiger partial charge is 0.489 e. The van der Waals surface area contributed by atoms with Crippen LogP contribution in [-0.2, 0) is 0 Å². The molecule has 0 spiro atoms. The molecule has 0 saturated carbocycles. The molecule has 0 atom stereocenters. The Morgan fingerprint density at radius 1 is 1.19 bits per heavy atom. The third-order valence-electron chi connectivity index (χ3n) is 3.20. The first-order valence-corrected chi connectivity index (χ1v) is 8.61. The smallest absolute Gasteiger partial charge is 0.398 e. The first-order valence-electron chi connectivity index (χ1n) is 7.62. The van der Waals surface area contributed by atoms with Gasteiger partial charge in [0.2, 0.25) is 0 Å². The van der Waals surface area contributed by atoms with E-state index < -0.39 is 29.9 Å². The third-order valence-corrected chi connectivity index (χ3v) is 4.42. The molecule has 1 heterocycles. The Morgan fingerprint density at radius 2 is 1.93 bits per heavy atom. The Labute approximate surface area is 155 Å². The van der Waals surface area contributed by atoms with E-state index >= 15 is 0 Å². The van der Waals surface area contributed by atoms with Crippen LogP contribution in [0.15, 0.2) is 29.4 Å². The van der Waals surface area contributed by atoms with E-state index in [1.165, 1.54) is 13.0 Å². The molecule has 0 aliphatic rings. The lowest BCUT2D eigenvalue weighted by Crippen LogP contribution is -2.13. The number of ether oxygens (including phenoxy) is 1. The van der Waals surface area contributed by atoms with Gasteiger partial charge in [0.1, 0.15) is 24.4 Å². The van der Waals surface area contributed by atoms with Crippen molar-refractivity contribution in [3.05, 3.63) is 41.6 Å². The van der Waals surface area contributed by atoms with Gasteiger partial charge >= 0.3 is 6.18 Å². The number of nitrogens with zero attached hydrogens (tertiary/aromatic N) is 2. The summed E-state index contributed by atoms with van der Waals surface area (Å²) in [6, 6.07) is 3.38. The fourth-order valence-electron chi connectivity index (χ4n) is 1.99. The molecule has 2 rings (SSSR count). The van der Waals surface area contributed by atoms with Crippen molar-refractivity contribution in [3.63, 3.8) is 0 Å². The number of aromatic nitrogens is 2. The lowest BCUT2D eigenvalue weighted by Gasteiger charge is -2.13. The standard InChI is InChI=1S/C16H15F6N3OS/c1-9-4-10(17)12(6-13(9)27-7-16(20,21)22)26-3-2-23-14-5-11(15(18)19)24-8-25-14/h4-6,8,15H,2-3,7H2,1H3,(H,23,24,25). The van der Waals surface area contributed by atoms with Crippen molar-refractivity contribution in [1.29, 1.82) is 0 Å². The molecule has 0 aliphatic carbocycles. The first-order chi connectivity index (χ1) is 12.7. The molecular formula is C16H15F6N3OS. The zero-order valence-corrected chi connectivity index (χ0v) is 14.8. The van der Waals surface area contributed by atoms with E-state index in [4.69, 9.17) is 4.74 Å². The minimum absolute atomic E-state index is 0.0582. The fraction of sp³-hybridized carbons (Fsp3) is 0.375. The summed E-state index contributed by atoms with van der Waals surface area (Å²) in [7, 11) is 0. The van der Waals surface area contributed by atoms with Gasteiger partial charge in [0, 0.05) is 11.0 Å². The molecular weight excluding hydrogens is 396 g/mol. The number of nitrogens with one attached hydrogen (secondary N) is 1. The van der Waals surface area contributed by atoms with Gasteiger partial charge in [-0.05, 0) is 24.6 Å². The highest BCUT2D eigenvalue weighted by molar-refractivity contribution is 7.99. The van der Waals surface area contributed by atoms with Crippen molar-refractivity contribution >= 4 is 17.6 Å². The zero-order chi connectivity index (χ0) is 20.0. The molecule has 0 unspecified atom stereocenters. The van der Waals surface area contributed by atoms with Crippen LogP contribution in [0, 0.1) is 12.7 Å². The number of hydrogen-bond donors (Lipinski definition) is 1. The molecule has 2 aromatic rings. The lowest BCUT2D eigenvalue weighted by atomic mass is 10.2. The van der Waals surface area contributed by atoms with Crippen LogP contribution in [0.5, 0.6) is 5.75 Å². The quantitative estimate of drug-likeness (QED) is 0.376. The van der Waals surface area contributed by atoms with E-state index in [9.17, 15) is 26.3 Å². The second kappa shape index (κ2) is 9.16. The molecule has 1 aromatic carbocycles.